The Balaban J connectivity index is 1.30. The zero-order valence-electron chi connectivity index (χ0n) is 18.1. The largest absolute Gasteiger partial charge is 0.391 e. The number of pyridine rings is 2. The second-order valence-electron chi connectivity index (χ2n) is 9.28. The lowest BCUT2D eigenvalue weighted by Crippen LogP contribution is -2.54. The van der Waals surface area contributed by atoms with Crippen LogP contribution in [0.4, 0.5) is 5.69 Å². The van der Waals surface area contributed by atoms with E-state index in [0.29, 0.717) is 25.2 Å². The molecule has 0 aliphatic carbocycles. The molecule has 2 aliphatic rings. The van der Waals surface area contributed by atoms with E-state index in [-0.39, 0.29) is 17.4 Å². The van der Waals surface area contributed by atoms with Gasteiger partial charge in [-0.2, -0.15) is 0 Å². The summed E-state index contributed by atoms with van der Waals surface area (Å²) in [7, 11) is 0. The van der Waals surface area contributed by atoms with Gasteiger partial charge in [0.25, 0.3) is 5.91 Å². The van der Waals surface area contributed by atoms with Crippen LogP contribution in [-0.4, -0.2) is 63.1 Å². The maximum Gasteiger partial charge on any atom is 0.255 e. The number of amides is 1. The summed E-state index contributed by atoms with van der Waals surface area (Å²) in [4.78, 5) is 29.2. The van der Waals surface area contributed by atoms with E-state index in [4.69, 9.17) is 0 Å². The van der Waals surface area contributed by atoms with Gasteiger partial charge >= 0.3 is 0 Å². The number of likely N-dealkylation sites (tertiary alicyclic amines) is 1. The molecule has 5 rings (SSSR count). The first-order valence-electron chi connectivity index (χ1n) is 11.0. The Morgan fingerprint density at radius 2 is 1.94 bits per heavy atom. The monoisotopic (exact) mass is 419 g/mol. The van der Waals surface area contributed by atoms with E-state index < -0.39 is 0 Å². The Labute approximate surface area is 182 Å². The number of hydrogen-bond acceptors (Lipinski definition) is 5. The van der Waals surface area contributed by atoms with Crippen LogP contribution < -0.4 is 4.90 Å². The molecule has 2 aliphatic heterocycles. The lowest BCUT2D eigenvalue weighted by atomic mass is 9.71. The van der Waals surface area contributed by atoms with Gasteiger partial charge in [0, 0.05) is 61.0 Å². The standard InChI is InChI=1S/C24H29N5O2/c1-16-9-20(10-17(2)27-16)29-14-21(30)12-24(15-29)4-7-28(8-5-24)23(31)19-11-18-3-6-25-22(18)26-13-19/h3,6,9-11,13,21,30H,4-5,7-8,12,14-15H2,1-2H3,(H,25,26). The summed E-state index contributed by atoms with van der Waals surface area (Å²) in [6.45, 7) is 6.99. The summed E-state index contributed by atoms with van der Waals surface area (Å²) in [6, 6.07) is 8.04. The zero-order chi connectivity index (χ0) is 21.6. The van der Waals surface area contributed by atoms with Gasteiger partial charge in [0.2, 0.25) is 0 Å². The first kappa shape index (κ1) is 20.0. The summed E-state index contributed by atoms with van der Waals surface area (Å²) in [5.41, 5.74) is 4.59. The summed E-state index contributed by atoms with van der Waals surface area (Å²) < 4.78 is 0. The van der Waals surface area contributed by atoms with E-state index in [1.807, 2.05) is 37.1 Å². The van der Waals surface area contributed by atoms with Crippen LogP contribution in [0.5, 0.6) is 0 Å². The lowest BCUT2D eigenvalue weighted by Gasteiger charge is -2.49. The van der Waals surface area contributed by atoms with Crippen LogP contribution in [0.15, 0.2) is 36.7 Å². The Morgan fingerprint density at radius 3 is 2.68 bits per heavy atom. The van der Waals surface area contributed by atoms with Crippen molar-refractivity contribution in [2.24, 2.45) is 5.41 Å². The smallest absolute Gasteiger partial charge is 0.255 e. The number of nitrogens with one attached hydrogen (secondary N) is 1. The maximum absolute atomic E-state index is 13.1. The normalized spacial score (nSPS) is 21.1. The maximum atomic E-state index is 13.1. The number of aromatic nitrogens is 3. The van der Waals surface area contributed by atoms with Gasteiger partial charge in [-0.3, -0.25) is 9.78 Å². The molecule has 5 heterocycles. The number of aryl methyl sites for hydroxylation is 2. The summed E-state index contributed by atoms with van der Waals surface area (Å²) in [5, 5.41) is 11.6. The molecular formula is C24H29N5O2. The molecule has 0 saturated carbocycles. The second-order valence-corrected chi connectivity index (χ2v) is 9.28. The topological polar surface area (TPSA) is 85.4 Å². The molecule has 1 spiro atoms. The fourth-order valence-corrected chi connectivity index (χ4v) is 5.33. The van der Waals surface area contributed by atoms with Crippen molar-refractivity contribution < 1.29 is 9.90 Å². The number of carbonyl (C=O) groups is 1. The predicted molar refractivity (Wildman–Crippen MR) is 120 cm³/mol. The van der Waals surface area contributed by atoms with Crippen molar-refractivity contribution in [3.05, 3.63) is 53.6 Å². The Kier molecular flexibility index (Phi) is 4.93. The molecule has 1 unspecified atom stereocenters. The average Bonchev–Trinajstić information content (AvgIpc) is 3.20. The van der Waals surface area contributed by atoms with E-state index in [1.165, 1.54) is 0 Å². The first-order valence-corrected chi connectivity index (χ1v) is 11.0. The molecule has 3 aromatic heterocycles. The highest BCUT2D eigenvalue weighted by Gasteiger charge is 2.42. The number of anilines is 1. The van der Waals surface area contributed by atoms with Gasteiger partial charge in [-0.25, -0.2) is 4.98 Å². The van der Waals surface area contributed by atoms with Gasteiger partial charge < -0.3 is 19.9 Å². The second kappa shape index (κ2) is 7.64. The number of carbonyl (C=O) groups excluding carboxylic acids is 1. The quantitative estimate of drug-likeness (QED) is 0.667. The van der Waals surface area contributed by atoms with E-state index in [2.05, 4.69) is 32.0 Å². The number of piperidine rings is 2. The van der Waals surface area contributed by atoms with Crippen LogP contribution in [0.1, 0.15) is 41.0 Å². The van der Waals surface area contributed by atoms with Gasteiger partial charge in [0.05, 0.1) is 11.7 Å². The van der Waals surface area contributed by atoms with Gasteiger partial charge in [0.15, 0.2) is 0 Å². The number of H-pyrrole nitrogens is 1. The SMILES string of the molecule is Cc1cc(N2CC(O)CC3(CCN(C(=O)c4cnc5[nH]ccc5c4)CC3)C2)cc(C)n1. The molecular weight excluding hydrogens is 390 g/mol. The number of nitrogens with zero attached hydrogens (tertiary/aromatic N) is 4. The lowest BCUT2D eigenvalue weighted by molar-refractivity contribution is 0.0248. The number of aliphatic hydroxyl groups is 1. The van der Waals surface area contributed by atoms with Crippen molar-refractivity contribution in [3.8, 4) is 0 Å². The van der Waals surface area contributed by atoms with Crippen molar-refractivity contribution in [3.63, 3.8) is 0 Å². The summed E-state index contributed by atoms with van der Waals surface area (Å²) >= 11 is 0. The Morgan fingerprint density at radius 1 is 1.19 bits per heavy atom. The van der Waals surface area contributed by atoms with E-state index in [9.17, 15) is 9.90 Å². The average molecular weight is 420 g/mol. The highest BCUT2D eigenvalue weighted by molar-refractivity contribution is 5.97. The number of aromatic amines is 1. The number of aliphatic hydroxyl groups excluding tert-OH is 1. The number of fused-ring (bicyclic) bond motifs is 1. The molecule has 0 radical (unpaired) electrons. The highest BCUT2D eigenvalue weighted by atomic mass is 16.3. The van der Waals surface area contributed by atoms with Crippen molar-refractivity contribution in [1.82, 2.24) is 19.9 Å². The van der Waals surface area contributed by atoms with Crippen molar-refractivity contribution in [1.29, 1.82) is 0 Å². The van der Waals surface area contributed by atoms with Crippen molar-refractivity contribution in [2.75, 3.05) is 31.1 Å². The van der Waals surface area contributed by atoms with Crippen LogP contribution in [0.3, 0.4) is 0 Å². The molecule has 3 aromatic rings. The molecule has 0 aromatic carbocycles. The van der Waals surface area contributed by atoms with Crippen LogP contribution in [0.25, 0.3) is 11.0 Å². The molecule has 162 valence electrons. The molecule has 0 bridgehead atoms. The number of hydrogen-bond donors (Lipinski definition) is 2. The molecule has 31 heavy (non-hydrogen) atoms. The van der Waals surface area contributed by atoms with Crippen LogP contribution >= 0.6 is 0 Å². The van der Waals surface area contributed by atoms with E-state index >= 15 is 0 Å². The molecule has 2 fully saturated rings. The minimum absolute atomic E-state index is 0.0301. The van der Waals surface area contributed by atoms with Crippen LogP contribution in [0.2, 0.25) is 0 Å². The fourth-order valence-electron chi connectivity index (χ4n) is 5.33. The highest BCUT2D eigenvalue weighted by Crippen LogP contribution is 2.41. The van der Waals surface area contributed by atoms with E-state index in [1.54, 1.807) is 6.20 Å². The molecule has 1 amide bonds. The molecule has 2 saturated heterocycles. The van der Waals surface area contributed by atoms with Crippen LogP contribution in [-0.2, 0) is 0 Å². The third-order valence-corrected chi connectivity index (χ3v) is 6.82. The summed E-state index contributed by atoms with van der Waals surface area (Å²) in [6.07, 6.45) is 5.73. The van der Waals surface area contributed by atoms with Gasteiger partial charge in [0.1, 0.15) is 5.65 Å². The van der Waals surface area contributed by atoms with Crippen LogP contribution in [0, 0.1) is 19.3 Å². The first-order chi connectivity index (χ1) is 14.9. The number of rotatable bonds is 2. The van der Waals surface area contributed by atoms with Crippen molar-refractivity contribution >= 4 is 22.6 Å². The zero-order valence-corrected chi connectivity index (χ0v) is 18.1. The predicted octanol–water partition coefficient (Wildman–Crippen LogP) is 3.07. The molecule has 7 heteroatoms. The third-order valence-electron chi connectivity index (χ3n) is 6.82. The number of β-amino-alcohol motifs (C(OH)–C–C–N with tert-alkyl or cyclic N) is 1. The fraction of sp³-hybridized carbons (Fsp3) is 0.458. The summed E-state index contributed by atoms with van der Waals surface area (Å²) in [5.74, 6) is 0.0408. The van der Waals surface area contributed by atoms with E-state index in [0.717, 1.165) is 53.9 Å². The third kappa shape index (κ3) is 3.90. The van der Waals surface area contributed by atoms with Gasteiger partial charge in [-0.15, -0.1) is 0 Å². The van der Waals surface area contributed by atoms with Crippen molar-refractivity contribution in [2.45, 2.75) is 39.2 Å². The molecule has 7 nitrogen and oxygen atoms in total. The van der Waals surface area contributed by atoms with Gasteiger partial charge in [-0.05, 0) is 62.8 Å². The Bertz CT molecular complexity index is 1100. The molecule has 1 atom stereocenters. The Hall–Kier alpha value is -2.93. The molecule has 2 N–H and O–H groups in total. The minimum atomic E-state index is -0.357. The van der Waals surface area contributed by atoms with Gasteiger partial charge in [-0.1, -0.05) is 0 Å². The minimum Gasteiger partial charge on any atom is -0.391 e.